The number of sulfone groups is 1. The first-order valence-electron chi connectivity index (χ1n) is 3.66. The molecule has 0 aliphatic carbocycles. The molecule has 6 heteroatoms. The normalized spacial score (nSPS) is 17.2. The standard InChI is InChI=1S/C7H14Cl2O3S/c1-6(2,3)5(10)7(8,9)13(4,11)12/h5,10H,1-4H3/t5-/m0/s1. The summed E-state index contributed by atoms with van der Waals surface area (Å²) in [5, 5.41) is 9.61. The molecule has 80 valence electrons. The molecule has 0 heterocycles. The Morgan fingerprint density at radius 3 is 1.62 bits per heavy atom. The van der Waals surface area contributed by atoms with Crippen molar-refractivity contribution in [1.82, 2.24) is 0 Å². The van der Waals surface area contributed by atoms with Crippen molar-refractivity contribution in [3.63, 3.8) is 0 Å². The van der Waals surface area contributed by atoms with E-state index < -0.39 is 25.0 Å². The van der Waals surface area contributed by atoms with Crippen LogP contribution in [0, 0.1) is 5.41 Å². The van der Waals surface area contributed by atoms with Gasteiger partial charge in [-0.15, -0.1) is 0 Å². The average molecular weight is 249 g/mol. The number of rotatable bonds is 2. The lowest BCUT2D eigenvalue weighted by molar-refractivity contribution is 0.0663. The van der Waals surface area contributed by atoms with Crippen molar-refractivity contribution in [3.8, 4) is 0 Å². The highest BCUT2D eigenvalue weighted by atomic mass is 35.5. The van der Waals surface area contributed by atoms with Gasteiger partial charge in [0.1, 0.15) is 6.10 Å². The van der Waals surface area contributed by atoms with Gasteiger partial charge < -0.3 is 5.11 Å². The molecule has 0 spiro atoms. The van der Waals surface area contributed by atoms with Gasteiger partial charge in [0.05, 0.1) is 0 Å². The van der Waals surface area contributed by atoms with Gasteiger partial charge in [-0.1, -0.05) is 44.0 Å². The summed E-state index contributed by atoms with van der Waals surface area (Å²) in [6.45, 7) is 4.97. The van der Waals surface area contributed by atoms with Crippen molar-refractivity contribution in [2.75, 3.05) is 6.26 Å². The van der Waals surface area contributed by atoms with E-state index in [1.54, 1.807) is 20.8 Å². The van der Waals surface area contributed by atoms with Crippen LogP contribution in [-0.4, -0.2) is 29.5 Å². The highest BCUT2D eigenvalue weighted by Gasteiger charge is 2.49. The summed E-state index contributed by atoms with van der Waals surface area (Å²) in [6.07, 6.45) is -0.444. The Balaban J connectivity index is 5.09. The summed E-state index contributed by atoms with van der Waals surface area (Å²) in [5.41, 5.74) is -0.688. The lowest BCUT2D eigenvalue weighted by Crippen LogP contribution is -2.46. The zero-order chi connectivity index (χ0) is 11.1. The minimum atomic E-state index is -3.70. The van der Waals surface area contributed by atoms with Gasteiger partial charge in [0.25, 0.3) is 0 Å². The Hall–Kier alpha value is 0.490. The van der Waals surface area contributed by atoms with Crippen LogP contribution >= 0.6 is 23.2 Å². The third kappa shape index (κ3) is 2.98. The van der Waals surface area contributed by atoms with Crippen molar-refractivity contribution < 1.29 is 13.5 Å². The maximum atomic E-state index is 11.1. The van der Waals surface area contributed by atoms with Gasteiger partial charge in [-0.05, 0) is 5.41 Å². The Morgan fingerprint density at radius 2 is 1.54 bits per heavy atom. The fourth-order valence-corrected chi connectivity index (χ4v) is 2.12. The van der Waals surface area contributed by atoms with Gasteiger partial charge in [-0.25, -0.2) is 8.42 Å². The second-order valence-electron chi connectivity index (χ2n) is 4.10. The van der Waals surface area contributed by atoms with E-state index in [0.29, 0.717) is 0 Å². The molecule has 1 atom stereocenters. The van der Waals surface area contributed by atoms with Crippen molar-refractivity contribution >= 4 is 33.0 Å². The minimum Gasteiger partial charge on any atom is -0.388 e. The van der Waals surface area contributed by atoms with Gasteiger partial charge in [-0.3, -0.25) is 0 Å². The third-order valence-electron chi connectivity index (χ3n) is 1.63. The van der Waals surface area contributed by atoms with E-state index >= 15 is 0 Å². The molecule has 1 N–H and O–H groups in total. The Morgan fingerprint density at radius 1 is 1.23 bits per heavy atom. The predicted molar refractivity (Wildman–Crippen MR) is 54.7 cm³/mol. The first kappa shape index (κ1) is 13.5. The van der Waals surface area contributed by atoms with Gasteiger partial charge in [0, 0.05) is 6.26 Å². The molecule has 0 saturated carbocycles. The summed E-state index contributed by atoms with van der Waals surface area (Å²) in [4.78, 5) is 0. The van der Waals surface area contributed by atoms with Crippen LogP contribution in [0.4, 0.5) is 0 Å². The summed E-state index contributed by atoms with van der Waals surface area (Å²) in [5.74, 6) is 0. The summed E-state index contributed by atoms with van der Waals surface area (Å²) in [6, 6.07) is 0. The number of halogens is 2. The Bertz CT molecular complexity index is 277. The highest BCUT2D eigenvalue weighted by Crippen LogP contribution is 2.39. The molecule has 0 radical (unpaired) electrons. The highest BCUT2D eigenvalue weighted by molar-refractivity contribution is 7.95. The molecule has 0 aromatic rings. The molecule has 0 fully saturated rings. The monoisotopic (exact) mass is 248 g/mol. The van der Waals surface area contributed by atoms with Gasteiger partial charge in [0.2, 0.25) is 3.67 Å². The third-order valence-corrected chi connectivity index (χ3v) is 4.94. The largest absolute Gasteiger partial charge is 0.388 e. The van der Waals surface area contributed by atoms with Crippen LogP contribution in [0.1, 0.15) is 20.8 Å². The molecule has 0 amide bonds. The van der Waals surface area contributed by atoms with Crippen LogP contribution in [0.15, 0.2) is 0 Å². The summed E-state index contributed by atoms with van der Waals surface area (Å²) in [7, 11) is -3.70. The average Bonchev–Trinajstić information content (AvgIpc) is 1.81. The van der Waals surface area contributed by atoms with Crippen LogP contribution in [0.3, 0.4) is 0 Å². The molecule has 0 aromatic heterocycles. The van der Waals surface area contributed by atoms with Crippen molar-refractivity contribution in [3.05, 3.63) is 0 Å². The summed E-state index contributed by atoms with van der Waals surface area (Å²) >= 11 is 11.1. The van der Waals surface area contributed by atoms with Crippen LogP contribution < -0.4 is 0 Å². The van der Waals surface area contributed by atoms with Crippen LogP contribution in [0.5, 0.6) is 0 Å². The van der Waals surface area contributed by atoms with Gasteiger partial charge >= 0.3 is 0 Å². The first-order valence-corrected chi connectivity index (χ1v) is 6.31. The fraction of sp³-hybridized carbons (Fsp3) is 1.00. The van der Waals surface area contributed by atoms with Crippen molar-refractivity contribution in [2.45, 2.75) is 30.5 Å². The molecule has 0 rings (SSSR count). The number of alkyl halides is 2. The van der Waals surface area contributed by atoms with Crippen LogP contribution in [0.25, 0.3) is 0 Å². The van der Waals surface area contributed by atoms with E-state index in [0.717, 1.165) is 6.26 Å². The van der Waals surface area contributed by atoms with Gasteiger partial charge in [-0.2, -0.15) is 0 Å². The zero-order valence-electron chi connectivity index (χ0n) is 8.01. The molecule has 0 bridgehead atoms. The topological polar surface area (TPSA) is 54.4 Å². The molecule has 0 unspecified atom stereocenters. The molecule has 0 aromatic carbocycles. The van der Waals surface area contributed by atoms with E-state index in [1.807, 2.05) is 0 Å². The minimum absolute atomic E-state index is 0.688. The molecule has 0 aliphatic rings. The maximum Gasteiger partial charge on any atom is 0.243 e. The molecular weight excluding hydrogens is 235 g/mol. The molecule has 13 heavy (non-hydrogen) atoms. The van der Waals surface area contributed by atoms with E-state index in [2.05, 4.69) is 0 Å². The van der Waals surface area contributed by atoms with Crippen molar-refractivity contribution in [2.24, 2.45) is 5.41 Å². The predicted octanol–water partition coefficient (Wildman–Crippen LogP) is 1.57. The molecular formula is C7H14Cl2O3S. The van der Waals surface area contributed by atoms with E-state index in [1.165, 1.54) is 0 Å². The van der Waals surface area contributed by atoms with Gasteiger partial charge in [0.15, 0.2) is 9.84 Å². The van der Waals surface area contributed by atoms with E-state index in [9.17, 15) is 13.5 Å². The number of hydrogen-bond donors (Lipinski definition) is 1. The lowest BCUT2D eigenvalue weighted by Gasteiger charge is -2.33. The SMILES string of the molecule is CC(C)(C)[C@H](O)C(Cl)(Cl)S(C)(=O)=O. The molecule has 0 saturated heterocycles. The quantitative estimate of drug-likeness (QED) is 0.756. The second-order valence-corrected chi connectivity index (χ2v) is 8.12. The number of aliphatic hydroxyl groups is 1. The molecule has 3 nitrogen and oxygen atoms in total. The Kier molecular flexibility index (Phi) is 3.71. The van der Waals surface area contributed by atoms with Crippen LogP contribution in [0.2, 0.25) is 0 Å². The zero-order valence-corrected chi connectivity index (χ0v) is 10.3. The van der Waals surface area contributed by atoms with E-state index in [4.69, 9.17) is 23.2 Å². The number of hydrogen-bond acceptors (Lipinski definition) is 3. The molecule has 0 aliphatic heterocycles. The second kappa shape index (κ2) is 3.57. The summed E-state index contributed by atoms with van der Waals surface area (Å²) < 4.78 is 20.1. The Labute approximate surface area is 89.0 Å². The first-order chi connectivity index (χ1) is 5.40. The lowest BCUT2D eigenvalue weighted by atomic mass is 9.90. The maximum absolute atomic E-state index is 11.1. The van der Waals surface area contributed by atoms with Crippen LogP contribution in [-0.2, 0) is 9.84 Å². The van der Waals surface area contributed by atoms with Crippen molar-refractivity contribution in [1.29, 1.82) is 0 Å². The number of aliphatic hydroxyl groups excluding tert-OH is 1. The fourth-order valence-electron chi connectivity index (χ4n) is 0.707. The smallest absolute Gasteiger partial charge is 0.243 e. The van der Waals surface area contributed by atoms with E-state index in [-0.39, 0.29) is 0 Å².